The van der Waals surface area contributed by atoms with E-state index in [0.717, 1.165) is 5.69 Å². The van der Waals surface area contributed by atoms with Crippen LogP contribution >= 0.6 is 11.6 Å². The van der Waals surface area contributed by atoms with Crippen LogP contribution in [0.4, 0.5) is 5.69 Å². The van der Waals surface area contributed by atoms with Gasteiger partial charge in [-0.25, -0.2) is 0 Å². The molecular formula is C13H19ClN2O3. The lowest BCUT2D eigenvalue weighted by Gasteiger charge is -2.16. The Morgan fingerprint density at radius 2 is 2.21 bits per heavy atom. The molecule has 0 radical (unpaired) electrons. The smallest absolute Gasteiger partial charge is 0.257 e. The molecule has 0 saturated heterocycles. The van der Waals surface area contributed by atoms with Crippen LogP contribution in [-0.4, -0.2) is 55.6 Å². The van der Waals surface area contributed by atoms with Crippen LogP contribution in [-0.2, 0) is 0 Å². The molecule has 0 aromatic heterocycles. The number of hydrogen-bond acceptors (Lipinski definition) is 4. The standard InChI is InChI=1S/C13H19ClN2O3/c1-16(2)13(18)11-6-9(4-5-12(11)19-3)15-8-10(17)7-14/h4-6,10,15,17H,7-8H2,1-3H3. The molecule has 0 spiro atoms. The van der Waals surface area contributed by atoms with Crippen molar-refractivity contribution in [2.45, 2.75) is 6.10 Å². The monoisotopic (exact) mass is 286 g/mol. The van der Waals surface area contributed by atoms with Gasteiger partial charge in [-0.15, -0.1) is 11.6 Å². The first-order valence-electron chi connectivity index (χ1n) is 5.87. The Kier molecular flexibility index (Phi) is 5.92. The van der Waals surface area contributed by atoms with Crippen LogP contribution in [0, 0.1) is 0 Å². The van der Waals surface area contributed by atoms with Crippen LogP contribution in [0.5, 0.6) is 5.75 Å². The number of carbonyl (C=O) groups is 1. The summed E-state index contributed by atoms with van der Waals surface area (Å²) in [4.78, 5) is 13.5. The number of hydrogen-bond donors (Lipinski definition) is 2. The summed E-state index contributed by atoms with van der Waals surface area (Å²) in [6, 6.07) is 5.19. The van der Waals surface area contributed by atoms with Crippen molar-refractivity contribution >= 4 is 23.2 Å². The number of alkyl halides is 1. The van der Waals surface area contributed by atoms with E-state index in [1.165, 1.54) is 12.0 Å². The van der Waals surface area contributed by atoms with Crippen molar-refractivity contribution < 1.29 is 14.6 Å². The first kappa shape index (κ1) is 15.6. The molecule has 1 atom stereocenters. The molecule has 1 unspecified atom stereocenters. The predicted molar refractivity (Wildman–Crippen MR) is 76.2 cm³/mol. The Bertz CT molecular complexity index is 438. The molecule has 106 valence electrons. The molecule has 0 aliphatic heterocycles. The third-order valence-electron chi connectivity index (χ3n) is 2.56. The molecule has 1 aromatic carbocycles. The van der Waals surface area contributed by atoms with Crippen LogP contribution in [0.2, 0.25) is 0 Å². The number of halogens is 1. The second-order valence-electron chi connectivity index (χ2n) is 4.30. The normalized spacial score (nSPS) is 11.8. The fourth-order valence-electron chi connectivity index (χ4n) is 1.52. The number of nitrogens with zero attached hydrogens (tertiary/aromatic N) is 1. The highest BCUT2D eigenvalue weighted by atomic mass is 35.5. The van der Waals surface area contributed by atoms with Gasteiger partial charge in [0, 0.05) is 26.3 Å². The molecule has 1 amide bonds. The third kappa shape index (κ3) is 4.29. The highest BCUT2D eigenvalue weighted by Gasteiger charge is 2.15. The molecule has 19 heavy (non-hydrogen) atoms. The van der Waals surface area contributed by atoms with Crippen molar-refractivity contribution in [3.05, 3.63) is 23.8 Å². The van der Waals surface area contributed by atoms with Gasteiger partial charge in [-0.05, 0) is 18.2 Å². The maximum Gasteiger partial charge on any atom is 0.257 e. The van der Waals surface area contributed by atoms with E-state index in [1.54, 1.807) is 32.3 Å². The van der Waals surface area contributed by atoms with Crippen LogP contribution in [0.3, 0.4) is 0 Å². The number of benzene rings is 1. The molecule has 1 rings (SSSR count). The molecule has 0 saturated carbocycles. The number of aliphatic hydroxyl groups is 1. The minimum atomic E-state index is -0.628. The fourth-order valence-corrected chi connectivity index (χ4v) is 1.63. The molecule has 0 heterocycles. The quantitative estimate of drug-likeness (QED) is 0.776. The summed E-state index contributed by atoms with van der Waals surface area (Å²) in [6.45, 7) is 0.325. The average Bonchev–Trinajstić information content (AvgIpc) is 2.43. The molecule has 1 aromatic rings. The Balaban J connectivity index is 2.92. The van der Waals surface area contributed by atoms with Crippen LogP contribution in [0.1, 0.15) is 10.4 Å². The van der Waals surface area contributed by atoms with E-state index in [4.69, 9.17) is 16.3 Å². The third-order valence-corrected chi connectivity index (χ3v) is 2.91. The summed E-state index contributed by atoms with van der Waals surface area (Å²) in [7, 11) is 4.88. The zero-order chi connectivity index (χ0) is 14.4. The van der Waals surface area contributed by atoms with E-state index >= 15 is 0 Å². The number of nitrogens with one attached hydrogen (secondary N) is 1. The molecule has 0 fully saturated rings. The number of aliphatic hydroxyl groups excluding tert-OH is 1. The molecule has 0 aliphatic carbocycles. The van der Waals surface area contributed by atoms with E-state index in [9.17, 15) is 9.90 Å². The molecular weight excluding hydrogens is 268 g/mol. The van der Waals surface area contributed by atoms with Crippen LogP contribution in [0.15, 0.2) is 18.2 Å². The Morgan fingerprint density at radius 1 is 1.53 bits per heavy atom. The highest BCUT2D eigenvalue weighted by molar-refractivity contribution is 6.18. The van der Waals surface area contributed by atoms with E-state index in [2.05, 4.69) is 5.32 Å². The summed E-state index contributed by atoms with van der Waals surface area (Å²) < 4.78 is 5.17. The molecule has 0 aliphatic rings. The predicted octanol–water partition coefficient (Wildman–Crippen LogP) is 1.41. The van der Waals surface area contributed by atoms with Gasteiger partial charge in [0.15, 0.2) is 0 Å². The maximum atomic E-state index is 12.0. The van der Waals surface area contributed by atoms with E-state index in [-0.39, 0.29) is 11.8 Å². The first-order valence-corrected chi connectivity index (χ1v) is 6.40. The second kappa shape index (κ2) is 7.21. The van der Waals surface area contributed by atoms with Crippen molar-refractivity contribution in [2.24, 2.45) is 0 Å². The van der Waals surface area contributed by atoms with E-state index < -0.39 is 6.10 Å². The largest absolute Gasteiger partial charge is 0.496 e. The second-order valence-corrected chi connectivity index (χ2v) is 4.61. The summed E-state index contributed by atoms with van der Waals surface area (Å²) in [5.41, 5.74) is 1.20. The summed E-state index contributed by atoms with van der Waals surface area (Å²) >= 11 is 5.52. The van der Waals surface area contributed by atoms with E-state index in [1.807, 2.05) is 0 Å². The number of carbonyl (C=O) groups excluding carboxylic acids is 1. The van der Waals surface area contributed by atoms with Crippen molar-refractivity contribution in [1.29, 1.82) is 0 Å². The number of amides is 1. The molecule has 6 heteroatoms. The Hall–Kier alpha value is -1.46. The molecule has 2 N–H and O–H groups in total. The lowest BCUT2D eigenvalue weighted by molar-refractivity contribution is 0.0824. The SMILES string of the molecule is COc1ccc(NCC(O)CCl)cc1C(=O)N(C)C. The minimum Gasteiger partial charge on any atom is -0.496 e. The van der Waals surface area contributed by atoms with Gasteiger partial charge in [0.2, 0.25) is 0 Å². The van der Waals surface area contributed by atoms with Gasteiger partial charge >= 0.3 is 0 Å². The van der Waals surface area contributed by atoms with E-state index in [0.29, 0.717) is 17.9 Å². The number of ether oxygens (including phenoxy) is 1. The van der Waals surface area contributed by atoms with Gasteiger partial charge in [-0.3, -0.25) is 4.79 Å². The lowest BCUT2D eigenvalue weighted by atomic mass is 10.1. The number of rotatable bonds is 6. The lowest BCUT2D eigenvalue weighted by Crippen LogP contribution is -2.23. The zero-order valence-corrected chi connectivity index (χ0v) is 12.1. The zero-order valence-electron chi connectivity index (χ0n) is 11.3. The Morgan fingerprint density at radius 3 is 2.74 bits per heavy atom. The van der Waals surface area contributed by atoms with Crippen LogP contribution in [0.25, 0.3) is 0 Å². The van der Waals surface area contributed by atoms with Gasteiger partial charge in [0.25, 0.3) is 5.91 Å². The Labute approximate surface area is 118 Å². The maximum absolute atomic E-state index is 12.0. The van der Waals surface area contributed by atoms with Gasteiger partial charge in [0.1, 0.15) is 5.75 Å². The first-order chi connectivity index (χ1) is 8.99. The summed E-state index contributed by atoms with van der Waals surface area (Å²) in [5, 5.41) is 12.4. The number of methoxy groups -OCH3 is 1. The van der Waals surface area contributed by atoms with Gasteiger partial charge in [0.05, 0.1) is 24.7 Å². The minimum absolute atomic E-state index is 0.140. The topological polar surface area (TPSA) is 61.8 Å². The van der Waals surface area contributed by atoms with Gasteiger partial charge < -0.3 is 20.1 Å². The fraction of sp³-hybridized carbons (Fsp3) is 0.462. The van der Waals surface area contributed by atoms with Crippen molar-refractivity contribution in [3.8, 4) is 5.75 Å². The van der Waals surface area contributed by atoms with Gasteiger partial charge in [-0.2, -0.15) is 0 Å². The number of anilines is 1. The van der Waals surface area contributed by atoms with Gasteiger partial charge in [-0.1, -0.05) is 0 Å². The van der Waals surface area contributed by atoms with Crippen molar-refractivity contribution in [2.75, 3.05) is 38.9 Å². The average molecular weight is 287 g/mol. The molecule has 5 nitrogen and oxygen atoms in total. The van der Waals surface area contributed by atoms with Crippen LogP contribution < -0.4 is 10.1 Å². The van der Waals surface area contributed by atoms with Crippen molar-refractivity contribution in [3.63, 3.8) is 0 Å². The van der Waals surface area contributed by atoms with Crippen molar-refractivity contribution in [1.82, 2.24) is 4.90 Å². The molecule has 0 bridgehead atoms. The summed E-state index contributed by atoms with van der Waals surface area (Å²) in [5.74, 6) is 0.535. The highest BCUT2D eigenvalue weighted by Crippen LogP contribution is 2.23. The summed E-state index contributed by atoms with van der Waals surface area (Å²) in [6.07, 6.45) is -0.628.